The molecule has 112 valence electrons. The van der Waals surface area contributed by atoms with E-state index in [1.807, 2.05) is 0 Å². The van der Waals surface area contributed by atoms with E-state index in [0.29, 0.717) is 10.8 Å². The molecule has 2 heteroatoms. The molecule has 2 N–H and O–H groups in total. The molecule has 0 atom stereocenters. The zero-order valence-corrected chi connectivity index (χ0v) is 13.2. The second kappa shape index (κ2) is 6.58. The fourth-order valence-corrected chi connectivity index (χ4v) is 3.98. The number of piperidine rings is 1. The van der Waals surface area contributed by atoms with Gasteiger partial charge in [0.05, 0.1) is 0 Å². The summed E-state index contributed by atoms with van der Waals surface area (Å²) in [7, 11) is 0. The van der Waals surface area contributed by atoms with E-state index in [2.05, 4.69) is 18.7 Å². The molecular weight excluding hydrogens is 232 g/mol. The Morgan fingerprint density at radius 1 is 0.947 bits per heavy atom. The first-order valence-electron chi connectivity index (χ1n) is 8.54. The van der Waals surface area contributed by atoms with E-state index < -0.39 is 0 Å². The van der Waals surface area contributed by atoms with E-state index in [9.17, 15) is 0 Å². The smallest absolute Gasteiger partial charge is 0.00501 e. The molecule has 1 saturated heterocycles. The summed E-state index contributed by atoms with van der Waals surface area (Å²) >= 11 is 0. The van der Waals surface area contributed by atoms with Crippen molar-refractivity contribution in [1.82, 2.24) is 4.90 Å². The van der Waals surface area contributed by atoms with Crippen LogP contribution < -0.4 is 5.73 Å². The van der Waals surface area contributed by atoms with Gasteiger partial charge in [0, 0.05) is 6.54 Å². The molecule has 19 heavy (non-hydrogen) atoms. The van der Waals surface area contributed by atoms with Crippen molar-refractivity contribution in [2.45, 2.75) is 71.6 Å². The summed E-state index contributed by atoms with van der Waals surface area (Å²) in [4.78, 5) is 2.72. The van der Waals surface area contributed by atoms with Gasteiger partial charge in [0.15, 0.2) is 0 Å². The van der Waals surface area contributed by atoms with Crippen LogP contribution >= 0.6 is 0 Å². The summed E-state index contributed by atoms with van der Waals surface area (Å²) in [6.45, 7) is 9.58. The van der Waals surface area contributed by atoms with Crippen LogP contribution in [-0.2, 0) is 0 Å². The first-order chi connectivity index (χ1) is 9.11. The molecule has 2 aliphatic rings. The van der Waals surface area contributed by atoms with Crippen LogP contribution in [0.1, 0.15) is 71.6 Å². The summed E-state index contributed by atoms with van der Waals surface area (Å²) in [6.07, 6.45) is 12.5. The lowest BCUT2D eigenvalue weighted by Crippen LogP contribution is -2.47. The highest BCUT2D eigenvalue weighted by Gasteiger charge is 2.35. The van der Waals surface area contributed by atoms with Gasteiger partial charge in [-0.15, -0.1) is 0 Å². The van der Waals surface area contributed by atoms with Crippen LogP contribution in [0.3, 0.4) is 0 Å². The van der Waals surface area contributed by atoms with E-state index in [1.165, 1.54) is 77.4 Å². The number of nitrogens with zero attached hydrogens (tertiary/aromatic N) is 1. The maximum atomic E-state index is 6.18. The Hall–Kier alpha value is -0.0800. The minimum Gasteiger partial charge on any atom is -0.330 e. The second-order valence-electron chi connectivity index (χ2n) is 7.56. The fourth-order valence-electron chi connectivity index (χ4n) is 3.98. The number of likely N-dealkylation sites (tertiary alicyclic amines) is 1. The predicted octanol–water partition coefficient (Wildman–Crippen LogP) is 3.80. The van der Waals surface area contributed by atoms with Crippen LogP contribution in [0.2, 0.25) is 0 Å². The number of hydrogen-bond donors (Lipinski definition) is 1. The molecule has 0 aromatic rings. The third-order valence-corrected chi connectivity index (χ3v) is 6.07. The summed E-state index contributed by atoms with van der Waals surface area (Å²) in [5, 5.41) is 0. The molecule has 0 aromatic carbocycles. The predicted molar refractivity (Wildman–Crippen MR) is 83.3 cm³/mol. The minimum atomic E-state index is 0.441. The van der Waals surface area contributed by atoms with Gasteiger partial charge >= 0.3 is 0 Å². The van der Waals surface area contributed by atoms with Crippen LogP contribution in [0.25, 0.3) is 0 Å². The summed E-state index contributed by atoms with van der Waals surface area (Å²) < 4.78 is 0. The third kappa shape index (κ3) is 3.95. The molecular formula is C17H34N2. The molecule has 2 fully saturated rings. The van der Waals surface area contributed by atoms with Gasteiger partial charge in [-0.05, 0) is 56.1 Å². The van der Waals surface area contributed by atoms with Crippen LogP contribution in [0.4, 0.5) is 0 Å². The first kappa shape index (κ1) is 15.3. The Balaban J connectivity index is 1.89. The normalized spacial score (nSPS) is 27.9. The monoisotopic (exact) mass is 266 g/mol. The number of nitrogens with two attached hydrogens (primary N) is 1. The molecule has 0 bridgehead atoms. The van der Waals surface area contributed by atoms with Gasteiger partial charge in [0.1, 0.15) is 0 Å². The van der Waals surface area contributed by atoms with Gasteiger partial charge in [-0.25, -0.2) is 0 Å². The van der Waals surface area contributed by atoms with Crippen molar-refractivity contribution in [1.29, 1.82) is 0 Å². The largest absolute Gasteiger partial charge is 0.330 e. The Morgan fingerprint density at radius 2 is 1.53 bits per heavy atom. The van der Waals surface area contributed by atoms with Crippen LogP contribution in [0, 0.1) is 10.8 Å². The number of hydrogen-bond acceptors (Lipinski definition) is 2. The van der Waals surface area contributed by atoms with Crippen molar-refractivity contribution in [2.75, 3.05) is 26.2 Å². The lowest BCUT2D eigenvalue weighted by atomic mass is 9.76. The van der Waals surface area contributed by atoms with E-state index >= 15 is 0 Å². The Bertz CT molecular complexity index is 258. The van der Waals surface area contributed by atoms with Gasteiger partial charge in [0.25, 0.3) is 0 Å². The van der Waals surface area contributed by atoms with Gasteiger partial charge in [0.2, 0.25) is 0 Å². The molecule has 0 radical (unpaired) electrons. The zero-order chi connectivity index (χ0) is 13.8. The molecule has 0 amide bonds. The van der Waals surface area contributed by atoms with E-state index in [0.717, 1.165) is 6.54 Å². The average molecular weight is 266 g/mol. The molecule has 2 nitrogen and oxygen atoms in total. The van der Waals surface area contributed by atoms with Crippen LogP contribution in [0.5, 0.6) is 0 Å². The first-order valence-corrected chi connectivity index (χ1v) is 8.54. The van der Waals surface area contributed by atoms with Crippen LogP contribution in [-0.4, -0.2) is 31.1 Å². The highest BCUT2D eigenvalue weighted by atomic mass is 15.1. The zero-order valence-electron chi connectivity index (χ0n) is 13.2. The Labute approximate surface area is 120 Å². The van der Waals surface area contributed by atoms with Gasteiger partial charge in [-0.3, -0.25) is 0 Å². The molecule has 0 aromatic heterocycles. The van der Waals surface area contributed by atoms with Gasteiger partial charge in [-0.1, -0.05) is 46.0 Å². The van der Waals surface area contributed by atoms with E-state index in [4.69, 9.17) is 5.73 Å². The molecule has 1 aliphatic heterocycles. The molecule has 1 heterocycles. The van der Waals surface area contributed by atoms with E-state index in [-0.39, 0.29) is 0 Å². The SMILES string of the molecule is CCC1(C)CCN(CC2(CN)CCCCCC2)CC1. The third-order valence-electron chi connectivity index (χ3n) is 6.07. The lowest BCUT2D eigenvalue weighted by molar-refractivity contribution is 0.0672. The standard InChI is InChI=1S/C17H34N2/c1-3-16(2)10-12-19(13-11-16)15-17(14-18)8-6-4-5-7-9-17/h3-15,18H2,1-2H3. The Kier molecular flexibility index (Phi) is 5.30. The van der Waals surface area contributed by atoms with Gasteiger partial charge < -0.3 is 10.6 Å². The fraction of sp³-hybridized carbons (Fsp3) is 1.00. The van der Waals surface area contributed by atoms with Crippen molar-refractivity contribution in [2.24, 2.45) is 16.6 Å². The van der Waals surface area contributed by atoms with Crippen molar-refractivity contribution in [3.05, 3.63) is 0 Å². The number of rotatable bonds is 4. The lowest BCUT2D eigenvalue weighted by Gasteiger charge is -2.43. The summed E-state index contributed by atoms with van der Waals surface area (Å²) in [6, 6.07) is 0. The van der Waals surface area contributed by atoms with E-state index in [1.54, 1.807) is 0 Å². The van der Waals surface area contributed by atoms with Crippen molar-refractivity contribution >= 4 is 0 Å². The molecule has 2 rings (SSSR count). The second-order valence-corrected chi connectivity index (χ2v) is 7.56. The van der Waals surface area contributed by atoms with Crippen molar-refractivity contribution in [3.63, 3.8) is 0 Å². The Morgan fingerprint density at radius 3 is 2.00 bits per heavy atom. The molecule has 1 aliphatic carbocycles. The molecule has 0 unspecified atom stereocenters. The maximum absolute atomic E-state index is 6.18. The van der Waals surface area contributed by atoms with Crippen LogP contribution in [0.15, 0.2) is 0 Å². The highest BCUT2D eigenvalue weighted by Crippen LogP contribution is 2.38. The maximum Gasteiger partial charge on any atom is 0.00501 e. The van der Waals surface area contributed by atoms with Crippen molar-refractivity contribution in [3.8, 4) is 0 Å². The summed E-state index contributed by atoms with van der Waals surface area (Å²) in [5.41, 5.74) is 7.23. The highest BCUT2D eigenvalue weighted by molar-refractivity contribution is 4.89. The van der Waals surface area contributed by atoms with Crippen molar-refractivity contribution < 1.29 is 0 Å². The minimum absolute atomic E-state index is 0.441. The molecule has 0 spiro atoms. The quantitative estimate of drug-likeness (QED) is 0.784. The summed E-state index contributed by atoms with van der Waals surface area (Å²) in [5.74, 6) is 0. The van der Waals surface area contributed by atoms with Gasteiger partial charge in [-0.2, -0.15) is 0 Å². The topological polar surface area (TPSA) is 29.3 Å². The molecule has 1 saturated carbocycles. The average Bonchev–Trinajstić information content (AvgIpc) is 2.68.